The molecule has 3 rings (SSSR count). The van der Waals surface area contributed by atoms with E-state index >= 15 is 0 Å². The summed E-state index contributed by atoms with van der Waals surface area (Å²) in [4.78, 5) is 0. The Kier molecular flexibility index (Phi) is 2.62. The summed E-state index contributed by atoms with van der Waals surface area (Å²) in [5, 5.41) is 18.8. The van der Waals surface area contributed by atoms with Gasteiger partial charge in [-0.05, 0) is 41.7 Å². The van der Waals surface area contributed by atoms with Crippen molar-refractivity contribution in [2.24, 2.45) is 0 Å². The Balaban J connectivity index is 1.71. The van der Waals surface area contributed by atoms with Crippen LogP contribution in [0.5, 0.6) is 0 Å². The molecule has 0 bridgehead atoms. The minimum Gasteiger partial charge on any atom is -0.367 e. The van der Waals surface area contributed by atoms with Gasteiger partial charge < -0.3 is 5.32 Å². The van der Waals surface area contributed by atoms with Gasteiger partial charge in [-0.1, -0.05) is 6.42 Å². The van der Waals surface area contributed by atoms with Crippen LogP contribution in [0.3, 0.4) is 0 Å². The normalized spacial score (nSPS) is 17.9. The number of hydrogen-bond donors (Lipinski definition) is 1. The number of nitrogens with zero attached hydrogens (tertiary/aromatic N) is 5. The van der Waals surface area contributed by atoms with Gasteiger partial charge in [0, 0.05) is 11.3 Å². The third-order valence-electron chi connectivity index (χ3n) is 3.36. The van der Waals surface area contributed by atoms with Gasteiger partial charge in [-0.25, -0.2) is 0 Å². The molecule has 2 heterocycles. The van der Waals surface area contributed by atoms with E-state index in [9.17, 15) is 0 Å². The van der Waals surface area contributed by atoms with E-state index in [0.29, 0.717) is 10.4 Å². The molecule has 1 aliphatic rings. The Labute approximate surface area is 103 Å². The molecule has 7 heteroatoms. The van der Waals surface area contributed by atoms with Crippen molar-refractivity contribution in [2.75, 3.05) is 18.1 Å². The Hall–Kier alpha value is -1.37. The van der Waals surface area contributed by atoms with Crippen LogP contribution < -0.4 is 5.32 Å². The van der Waals surface area contributed by atoms with Gasteiger partial charge >= 0.3 is 0 Å². The van der Waals surface area contributed by atoms with Crippen LogP contribution in [-0.2, 0) is 0 Å². The topological polar surface area (TPSA) is 68.0 Å². The van der Waals surface area contributed by atoms with E-state index < -0.39 is 0 Å². The quantitative estimate of drug-likeness (QED) is 0.880. The highest BCUT2D eigenvalue weighted by Gasteiger charge is 2.35. The van der Waals surface area contributed by atoms with Crippen molar-refractivity contribution in [1.82, 2.24) is 25.3 Å². The molecule has 0 aromatic carbocycles. The van der Waals surface area contributed by atoms with Gasteiger partial charge in [-0.2, -0.15) is 11.8 Å². The zero-order valence-corrected chi connectivity index (χ0v) is 10.4. The summed E-state index contributed by atoms with van der Waals surface area (Å²) in [6.07, 6.45) is 6.09. The summed E-state index contributed by atoms with van der Waals surface area (Å²) in [6, 6.07) is 3.78. The first-order chi connectivity index (χ1) is 8.31. The number of tetrazole rings is 1. The van der Waals surface area contributed by atoms with Crippen LogP contribution in [0.15, 0.2) is 12.1 Å². The Morgan fingerprint density at radius 3 is 3.06 bits per heavy atom. The summed E-state index contributed by atoms with van der Waals surface area (Å²) in [5.74, 6) is 0.824. The third-order valence-corrected chi connectivity index (χ3v) is 4.78. The first kappa shape index (κ1) is 10.8. The van der Waals surface area contributed by atoms with Crippen LogP contribution in [0.2, 0.25) is 0 Å². The Bertz CT molecular complexity index is 515. The first-order valence-electron chi connectivity index (χ1n) is 5.66. The molecule has 17 heavy (non-hydrogen) atoms. The molecule has 0 amide bonds. The molecule has 0 unspecified atom stereocenters. The Morgan fingerprint density at radius 1 is 1.47 bits per heavy atom. The third kappa shape index (κ3) is 1.95. The van der Waals surface area contributed by atoms with Gasteiger partial charge in [0.15, 0.2) is 5.65 Å². The molecular formula is C10H14N6S. The van der Waals surface area contributed by atoms with E-state index in [-0.39, 0.29) is 0 Å². The maximum absolute atomic E-state index is 4.29. The highest BCUT2D eigenvalue weighted by Crippen LogP contribution is 2.42. The summed E-state index contributed by atoms with van der Waals surface area (Å²) >= 11 is 1.95. The van der Waals surface area contributed by atoms with Gasteiger partial charge in [0.25, 0.3) is 0 Å². The molecule has 0 spiro atoms. The van der Waals surface area contributed by atoms with Gasteiger partial charge in [0.1, 0.15) is 5.82 Å². The molecule has 2 aromatic rings. The Morgan fingerprint density at radius 2 is 2.35 bits per heavy atom. The maximum Gasteiger partial charge on any atom is 0.200 e. The number of anilines is 1. The lowest BCUT2D eigenvalue weighted by Crippen LogP contribution is -2.40. The SMILES string of the molecule is CSC1(CNc2ccc3nnnn3n2)CCC1. The lowest BCUT2D eigenvalue weighted by molar-refractivity contribution is 0.379. The van der Waals surface area contributed by atoms with Gasteiger partial charge in [0.05, 0.1) is 0 Å². The number of aromatic nitrogens is 5. The number of fused-ring (bicyclic) bond motifs is 1. The lowest BCUT2D eigenvalue weighted by Gasteiger charge is -2.40. The average Bonchev–Trinajstić information content (AvgIpc) is 2.75. The minimum absolute atomic E-state index is 0.400. The molecule has 6 nitrogen and oxygen atoms in total. The van der Waals surface area contributed by atoms with Crippen LogP contribution in [0.25, 0.3) is 5.65 Å². The van der Waals surface area contributed by atoms with Gasteiger partial charge in [0.2, 0.25) is 0 Å². The second kappa shape index (κ2) is 4.14. The number of thioether (sulfide) groups is 1. The molecule has 1 fully saturated rings. The van der Waals surface area contributed by atoms with E-state index in [1.165, 1.54) is 23.9 Å². The van der Waals surface area contributed by atoms with Crippen molar-refractivity contribution in [3.8, 4) is 0 Å². The predicted octanol–water partition coefficient (Wildman–Crippen LogP) is 1.22. The smallest absolute Gasteiger partial charge is 0.200 e. The van der Waals surface area contributed by atoms with Crippen LogP contribution in [0.1, 0.15) is 19.3 Å². The van der Waals surface area contributed by atoms with E-state index in [2.05, 4.69) is 32.2 Å². The van der Waals surface area contributed by atoms with Crippen molar-refractivity contribution in [2.45, 2.75) is 24.0 Å². The molecule has 2 aromatic heterocycles. The average molecular weight is 250 g/mol. The van der Waals surface area contributed by atoms with Crippen molar-refractivity contribution in [3.63, 3.8) is 0 Å². The molecule has 1 aliphatic carbocycles. The first-order valence-corrected chi connectivity index (χ1v) is 6.88. The van der Waals surface area contributed by atoms with E-state index in [4.69, 9.17) is 0 Å². The number of rotatable bonds is 4. The van der Waals surface area contributed by atoms with E-state index in [0.717, 1.165) is 12.4 Å². The van der Waals surface area contributed by atoms with Gasteiger partial charge in [-0.15, -0.1) is 14.8 Å². The monoisotopic (exact) mass is 250 g/mol. The van der Waals surface area contributed by atoms with Crippen LogP contribution in [-0.4, -0.2) is 42.8 Å². The highest BCUT2D eigenvalue weighted by molar-refractivity contribution is 8.00. The fourth-order valence-electron chi connectivity index (χ4n) is 2.02. The predicted molar refractivity (Wildman–Crippen MR) is 67.2 cm³/mol. The van der Waals surface area contributed by atoms with Gasteiger partial charge in [-0.3, -0.25) is 0 Å². The molecule has 1 saturated carbocycles. The van der Waals surface area contributed by atoms with Crippen molar-refractivity contribution < 1.29 is 0 Å². The number of nitrogens with one attached hydrogen (secondary N) is 1. The van der Waals surface area contributed by atoms with Crippen LogP contribution in [0.4, 0.5) is 5.82 Å². The second-order valence-electron chi connectivity index (χ2n) is 4.34. The summed E-state index contributed by atoms with van der Waals surface area (Å²) < 4.78 is 1.84. The van der Waals surface area contributed by atoms with E-state index in [1.54, 1.807) is 0 Å². The molecule has 0 atom stereocenters. The zero-order valence-electron chi connectivity index (χ0n) is 9.63. The summed E-state index contributed by atoms with van der Waals surface area (Å²) in [6.45, 7) is 0.953. The molecule has 90 valence electrons. The minimum atomic E-state index is 0.400. The zero-order chi connectivity index (χ0) is 11.7. The maximum atomic E-state index is 4.29. The standard InChI is InChI=1S/C10H14N6S/c1-17-10(5-2-6-10)7-11-8-3-4-9-12-14-15-16(9)13-8/h3-4H,2,5-7H2,1H3,(H,11,13). The fraction of sp³-hybridized carbons (Fsp3) is 0.600. The fourth-order valence-corrected chi connectivity index (χ4v) is 2.93. The van der Waals surface area contributed by atoms with Crippen molar-refractivity contribution in [3.05, 3.63) is 12.1 Å². The molecule has 1 N–H and O–H groups in total. The van der Waals surface area contributed by atoms with E-state index in [1.807, 2.05) is 23.9 Å². The summed E-state index contributed by atoms with van der Waals surface area (Å²) in [7, 11) is 0. The lowest BCUT2D eigenvalue weighted by atomic mass is 9.84. The highest BCUT2D eigenvalue weighted by atomic mass is 32.2. The van der Waals surface area contributed by atoms with Crippen LogP contribution >= 0.6 is 11.8 Å². The molecule has 0 radical (unpaired) electrons. The molecule has 0 aliphatic heterocycles. The second-order valence-corrected chi connectivity index (χ2v) is 5.61. The largest absolute Gasteiger partial charge is 0.367 e. The van der Waals surface area contributed by atoms with Crippen LogP contribution in [0, 0.1) is 0 Å². The number of hydrogen-bond acceptors (Lipinski definition) is 6. The summed E-state index contributed by atoms with van der Waals surface area (Å²) in [5.41, 5.74) is 0.666. The molecule has 0 saturated heterocycles. The molecular weight excluding hydrogens is 236 g/mol. The van der Waals surface area contributed by atoms with Crippen molar-refractivity contribution >= 4 is 23.2 Å². The van der Waals surface area contributed by atoms with Crippen molar-refractivity contribution in [1.29, 1.82) is 0 Å².